The van der Waals surface area contributed by atoms with Crippen LogP contribution in [0.25, 0.3) is 0 Å². The molecule has 3 heteroatoms. The number of aliphatic hydroxyl groups is 1. The zero-order chi connectivity index (χ0) is 17.7. The Balaban J connectivity index is 2.81. The molecule has 0 amide bonds. The lowest BCUT2D eigenvalue weighted by atomic mass is 9.80. The molecule has 24 heavy (non-hydrogen) atoms. The van der Waals surface area contributed by atoms with Crippen LogP contribution in [-0.2, 0) is 5.60 Å². The second-order valence-electron chi connectivity index (χ2n) is 5.85. The van der Waals surface area contributed by atoms with E-state index in [4.69, 9.17) is 0 Å². The molecule has 0 aliphatic heterocycles. The molecule has 3 nitrogen and oxygen atoms in total. The van der Waals surface area contributed by atoms with Crippen molar-refractivity contribution < 1.29 is 5.11 Å². The number of nitrogens with one attached hydrogen (secondary N) is 1. The van der Waals surface area contributed by atoms with Crippen LogP contribution in [0.5, 0.6) is 0 Å². The molecule has 0 heterocycles. The summed E-state index contributed by atoms with van der Waals surface area (Å²) in [5.74, 6) is 0. The third-order valence-corrected chi connectivity index (χ3v) is 4.48. The molecule has 0 radical (unpaired) electrons. The van der Waals surface area contributed by atoms with E-state index in [1.807, 2.05) is 70.3 Å². The van der Waals surface area contributed by atoms with Crippen molar-refractivity contribution in [2.45, 2.75) is 33.3 Å². The molecular formula is C21H26N2O. The summed E-state index contributed by atoms with van der Waals surface area (Å²) in [6.07, 6.45) is 3.58. The minimum atomic E-state index is -1.30. The predicted octanol–water partition coefficient (Wildman–Crippen LogP) is 4.58. The quantitative estimate of drug-likeness (QED) is 0.792. The van der Waals surface area contributed by atoms with Gasteiger partial charge in [0.15, 0.2) is 5.60 Å². The van der Waals surface area contributed by atoms with Crippen LogP contribution in [0.3, 0.4) is 0 Å². The van der Waals surface area contributed by atoms with Gasteiger partial charge in [-0.05, 0) is 62.1 Å². The Morgan fingerprint density at radius 2 is 1.83 bits per heavy atom. The Hall–Kier alpha value is -2.39. The SMILES string of the molecule is CC=N/C(=C\C)C(O)(c1cccc(NC)c1)c1cccc(C)c1C. The van der Waals surface area contributed by atoms with E-state index in [-0.39, 0.29) is 0 Å². The van der Waals surface area contributed by atoms with Gasteiger partial charge in [0, 0.05) is 18.9 Å². The molecule has 1 unspecified atom stereocenters. The van der Waals surface area contributed by atoms with Crippen molar-refractivity contribution in [1.82, 2.24) is 0 Å². The summed E-state index contributed by atoms with van der Waals surface area (Å²) in [5, 5.41) is 15.0. The largest absolute Gasteiger partial charge is 0.388 e. The molecule has 1 atom stereocenters. The third kappa shape index (κ3) is 3.13. The maximum atomic E-state index is 11.9. The predicted molar refractivity (Wildman–Crippen MR) is 103 cm³/mol. The summed E-state index contributed by atoms with van der Waals surface area (Å²) >= 11 is 0. The topological polar surface area (TPSA) is 44.6 Å². The van der Waals surface area contributed by atoms with Crippen molar-refractivity contribution in [3.8, 4) is 0 Å². The second kappa shape index (κ2) is 7.45. The van der Waals surface area contributed by atoms with E-state index < -0.39 is 5.60 Å². The minimum absolute atomic E-state index is 0.618. The number of benzene rings is 2. The van der Waals surface area contributed by atoms with E-state index in [0.717, 1.165) is 27.9 Å². The van der Waals surface area contributed by atoms with Crippen LogP contribution in [0, 0.1) is 13.8 Å². The van der Waals surface area contributed by atoms with Gasteiger partial charge in [0.1, 0.15) is 0 Å². The fourth-order valence-corrected chi connectivity index (χ4v) is 3.00. The van der Waals surface area contributed by atoms with Crippen LogP contribution in [-0.4, -0.2) is 18.4 Å². The number of allylic oxidation sites excluding steroid dienone is 1. The normalized spacial score (nSPS) is 14.7. The molecule has 2 rings (SSSR count). The smallest absolute Gasteiger partial charge is 0.157 e. The summed E-state index contributed by atoms with van der Waals surface area (Å²) in [7, 11) is 1.87. The minimum Gasteiger partial charge on any atom is -0.388 e. The second-order valence-corrected chi connectivity index (χ2v) is 5.85. The highest BCUT2D eigenvalue weighted by Gasteiger charge is 2.37. The lowest BCUT2D eigenvalue weighted by Crippen LogP contribution is -2.30. The highest BCUT2D eigenvalue weighted by molar-refractivity contribution is 5.60. The Labute approximate surface area is 144 Å². The van der Waals surface area contributed by atoms with E-state index >= 15 is 0 Å². The van der Waals surface area contributed by atoms with Gasteiger partial charge in [-0.15, -0.1) is 0 Å². The van der Waals surface area contributed by atoms with Crippen LogP contribution in [0.2, 0.25) is 0 Å². The number of aliphatic imine (C=N–C) groups is 1. The van der Waals surface area contributed by atoms with E-state index in [1.165, 1.54) is 0 Å². The van der Waals surface area contributed by atoms with Gasteiger partial charge in [-0.2, -0.15) is 0 Å². The molecule has 0 bridgehead atoms. The fourth-order valence-electron chi connectivity index (χ4n) is 3.00. The van der Waals surface area contributed by atoms with Gasteiger partial charge < -0.3 is 10.4 Å². The molecule has 0 aliphatic rings. The van der Waals surface area contributed by atoms with Crippen LogP contribution in [0.1, 0.15) is 36.1 Å². The Morgan fingerprint density at radius 1 is 1.12 bits per heavy atom. The number of hydrogen-bond acceptors (Lipinski definition) is 3. The van der Waals surface area contributed by atoms with Crippen LogP contribution in [0.4, 0.5) is 5.69 Å². The average molecular weight is 322 g/mol. The Bertz CT molecular complexity index is 777. The van der Waals surface area contributed by atoms with Crippen LogP contribution in [0.15, 0.2) is 59.2 Å². The van der Waals surface area contributed by atoms with E-state index in [1.54, 1.807) is 6.21 Å². The molecule has 0 aliphatic carbocycles. The van der Waals surface area contributed by atoms with Crippen molar-refractivity contribution in [3.63, 3.8) is 0 Å². The van der Waals surface area contributed by atoms with Gasteiger partial charge in [-0.1, -0.05) is 36.4 Å². The van der Waals surface area contributed by atoms with Crippen molar-refractivity contribution in [2.75, 3.05) is 12.4 Å². The molecule has 2 N–H and O–H groups in total. The number of hydrogen-bond donors (Lipinski definition) is 2. The van der Waals surface area contributed by atoms with Crippen LogP contribution < -0.4 is 5.32 Å². The summed E-state index contributed by atoms with van der Waals surface area (Å²) < 4.78 is 0. The first-order chi connectivity index (χ1) is 11.5. The first-order valence-corrected chi connectivity index (χ1v) is 8.21. The molecule has 0 fully saturated rings. The molecule has 2 aromatic carbocycles. The van der Waals surface area contributed by atoms with Crippen molar-refractivity contribution in [3.05, 3.63) is 76.5 Å². The molecule has 126 valence electrons. The summed E-state index contributed by atoms with van der Waals surface area (Å²) in [4.78, 5) is 4.46. The van der Waals surface area contributed by atoms with E-state index in [9.17, 15) is 5.11 Å². The first-order valence-electron chi connectivity index (χ1n) is 8.21. The average Bonchev–Trinajstić information content (AvgIpc) is 2.61. The lowest BCUT2D eigenvalue weighted by molar-refractivity contribution is 0.119. The van der Waals surface area contributed by atoms with Crippen molar-refractivity contribution in [2.24, 2.45) is 4.99 Å². The zero-order valence-corrected chi connectivity index (χ0v) is 15.1. The fraction of sp³-hybridized carbons (Fsp3) is 0.286. The van der Waals surface area contributed by atoms with Gasteiger partial charge in [-0.3, -0.25) is 4.99 Å². The number of aryl methyl sites for hydroxylation is 1. The van der Waals surface area contributed by atoms with E-state index in [0.29, 0.717) is 5.70 Å². The van der Waals surface area contributed by atoms with Crippen molar-refractivity contribution in [1.29, 1.82) is 0 Å². The summed E-state index contributed by atoms with van der Waals surface area (Å²) in [6.45, 7) is 7.86. The number of anilines is 1. The molecular weight excluding hydrogens is 296 g/mol. The Morgan fingerprint density at radius 3 is 2.46 bits per heavy atom. The maximum absolute atomic E-state index is 11.9. The molecule has 0 saturated carbocycles. The maximum Gasteiger partial charge on any atom is 0.157 e. The molecule has 0 saturated heterocycles. The van der Waals surface area contributed by atoms with Gasteiger partial charge in [0.25, 0.3) is 0 Å². The van der Waals surface area contributed by atoms with Gasteiger partial charge in [-0.25, -0.2) is 0 Å². The Kier molecular flexibility index (Phi) is 5.58. The van der Waals surface area contributed by atoms with Crippen LogP contribution >= 0.6 is 0 Å². The van der Waals surface area contributed by atoms with E-state index in [2.05, 4.69) is 23.3 Å². The number of rotatable bonds is 5. The number of nitrogens with zero attached hydrogens (tertiary/aromatic N) is 1. The zero-order valence-electron chi connectivity index (χ0n) is 15.1. The molecule has 0 aromatic heterocycles. The van der Waals surface area contributed by atoms with Crippen molar-refractivity contribution >= 4 is 11.9 Å². The van der Waals surface area contributed by atoms with Gasteiger partial charge in [0.2, 0.25) is 0 Å². The molecule has 2 aromatic rings. The highest BCUT2D eigenvalue weighted by Crippen LogP contribution is 2.40. The summed E-state index contributed by atoms with van der Waals surface area (Å²) in [5.41, 5.74) is 4.13. The summed E-state index contributed by atoms with van der Waals surface area (Å²) in [6, 6.07) is 13.8. The first kappa shape index (κ1) is 18.0. The lowest BCUT2D eigenvalue weighted by Gasteiger charge is -2.32. The third-order valence-electron chi connectivity index (χ3n) is 4.48. The monoisotopic (exact) mass is 322 g/mol. The van der Waals surface area contributed by atoms with Gasteiger partial charge >= 0.3 is 0 Å². The highest BCUT2D eigenvalue weighted by atomic mass is 16.3. The van der Waals surface area contributed by atoms with Gasteiger partial charge in [0.05, 0.1) is 5.70 Å². The standard InChI is InChI=1S/C21H26N2O/c1-6-20(23-7-2)21(24,17-11-9-12-18(14-17)22-5)19-13-8-10-15(3)16(19)4/h6-14,22,24H,1-5H3/b20-6-,23-7?. The molecule has 0 spiro atoms.